The number of aromatic nitrogens is 3. The fraction of sp³-hybridized carbons (Fsp3) is 0.188. The zero-order chi connectivity index (χ0) is 15.8. The average molecular weight is 312 g/mol. The van der Waals surface area contributed by atoms with Gasteiger partial charge < -0.3 is 4.98 Å². The lowest BCUT2D eigenvalue weighted by Crippen LogP contribution is -2.36. The molecule has 1 aromatic carbocycles. The van der Waals surface area contributed by atoms with Crippen LogP contribution in [0.3, 0.4) is 0 Å². The largest absolute Gasteiger partial charge is 0.332 e. The Balaban J connectivity index is 2.28. The molecule has 0 radical (unpaired) electrons. The molecule has 22 heavy (non-hydrogen) atoms. The number of nitrogens with zero attached hydrogens (tertiary/aromatic N) is 3. The van der Waals surface area contributed by atoms with Crippen LogP contribution in [0.2, 0.25) is 0 Å². The minimum Gasteiger partial charge on any atom is -0.332 e. The van der Waals surface area contributed by atoms with Crippen molar-refractivity contribution in [2.24, 2.45) is 0 Å². The Labute approximate surface area is 128 Å². The van der Waals surface area contributed by atoms with Crippen LogP contribution in [0.4, 0.5) is 0 Å². The summed E-state index contributed by atoms with van der Waals surface area (Å²) in [6.45, 7) is 1.87. The molecule has 0 atom stereocenters. The Hall–Kier alpha value is -2.52. The van der Waals surface area contributed by atoms with E-state index in [1.165, 1.54) is 0 Å². The molecular weight excluding hydrogens is 296 g/mol. The Morgan fingerprint density at radius 2 is 2.14 bits per heavy atom. The molecule has 3 rings (SSSR count). The molecule has 0 aliphatic rings. The predicted molar refractivity (Wildman–Crippen MR) is 86.2 cm³/mol. The number of aromatic amines is 1. The standard InChI is InChI=1S/C16H16N4OS/c1-3-22(2,21,15-6-4-5-9-18-15)16-19-13-8-7-12(11-17)10-14(13)20-16/h4-10H,3H2,1-2H3,(H,19,20). The van der Waals surface area contributed by atoms with Crippen LogP contribution < -0.4 is 0 Å². The van der Waals surface area contributed by atoms with Crippen LogP contribution in [0.25, 0.3) is 11.0 Å². The third-order valence-corrected chi connectivity index (χ3v) is 7.91. The van der Waals surface area contributed by atoms with Crippen molar-refractivity contribution in [2.45, 2.75) is 17.1 Å². The van der Waals surface area contributed by atoms with Crippen molar-refractivity contribution in [1.29, 1.82) is 5.26 Å². The van der Waals surface area contributed by atoms with Gasteiger partial charge in [-0.05, 0) is 39.4 Å². The van der Waals surface area contributed by atoms with Gasteiger partial charge in [-0.2, -0.15) is 5.26 Å². The van der Waals surface area contributed by atoms with E-state index >= 15 is 0 Å². The zero-order valence-corrected chi connectivity index (χ0v) is 13.2. The predicted octanol–water partition coefficient (Wildman–Crippen LogP) is 2.72. The average Bonchev–Trinajstić information content (AvgIpc) is 3.00. The molecule has 1 N–H and O–H groups in total. The fourth-order valence-corrected chi connectivity index (χ4v) is 4.60. The lowest BCUT2D eigenvalue weighted by molar-refractivity contribution is 0.648. The summed E-state index contributed by atoms with van der Waals surface area (Å²) in [5, 5.41) is 9.93. The van der Waals surface area contributed by atoms with Gasteiger partial charge in [-0.3, -0.25) is 4.21 Å². The fourth-order valence-electron chi connectivity index (χ4n) is 2.35. The summed E-state index contributed by atoms with van der Waals surface area (Å²) in [5.41, 5.74) is 1.93. The van der Waals surface area contributed by atoms with Crippen LogP contribution in [-0.2, 0) is 9.07 Å². The molecule has 0 saturated carbocycles. The maximum absolute atomic E-state index is 13.9. The van der Waals surface area contributed by atoms with Crippen LogP contribution in [0.1, 0.15) is 12.5 Å². The first-order chi connectivity index (χ1) is 10.5. The molecule has 0 spiro atoms. The minimum absolute atomic E-state index is 0.402. The first-order valence-electron chi connectivity index (χ1n) is 6.91. The van der Waals surface area contributed by atoms with E-state index in [4.69, 9.17) is 5.26 Å². The maximum Gasteiger partial charge on any atom is 0.181 e. The van der Waals surface area contributed by atoms with Crippen molar-refractivity contribution in [3.63, 3.8) is 0 Å². The van der Waals surface area contributed by atoms with Crippen LogP contribution in [0.5, 0.6) is 0 Å². The third kappa shape index (κ3) is 2.02. The van der Waals surface area contributed by atoms with Gasteiger partial charge in [-0.25, -0.2) is 9.97 Å². The van der Waals surface area contributed by atoms with Crippen molar-refractivity contribution in [1.82, 2.24) is 15.0 Å². The summed E-state index contributed by atoms with van der Waals surface area (Å²) in [6, 6.07) is 12.7. The zero-order valence-electron chi connectivity index (χ0n) is 12.4. The van der Waals surface area contributed by atoms with E-state index in [0.717, 1.165) is 5.52 Å². The normalized spacial score (nSPS) is 13.4. The van der Waals surface area contributed by atoms with E-state index in [9.17, 15) is 4.21 Å². The lowest BCUT2D eigenvalue weighted by Gasteiger charge is -2.34. The van der Waals surface area contributed by atoms with Crippen LogP contribution in [-0.4, -0.2) is 31.2 Å². The molecule has 6 heteroatoms. The quantitative estimate of drug-likeness (QED) is 0.806. The molecule has 0 fully saturated rings. The number of nitrogens with one attached hydrogen (secondary N) is 1. The summed E-state index contributed by atoms with van der Waals surface area (Å²) < 4.78 is 13.9. The first kappa shape index (κ1) is 14.4. The number of hydrogen-bond donors (Lipinski definition) is 1. The molecule has 0 saturated heterocycles. The molecule has 2 heterocycles. The summed E-state index contributed by atoms with van der Waals surface area (Å²) in [5.74, 6) is 0.402. The Bertz CT molecular complexity index is 955. The van der Waals surface area contributed by atoms with Gasteiger partial charge >= 0.3 is 0 Å². The molecule has 0 aliphatic carbocycles. The minimum atomic E-state index is -3.40. The third-order valence-electron chi connectivity index (χ3n) is 3.98. The van der Waals surface area contributed by atoms with E-state index in [1.54, 1.807) is 42.8 Å². The summed E-state index contributed by atoms with van der Waals surface area (Å²) in [4.78, 5) is 12.0. The highest BCUT2D eigenvalue weighted by molar-refractivity contribution is 8.19. The summed E-state index contributed by atoms with van der Waals surface area (Å²) >= 11 is 0. The highest BCUT2D eigenvalue weighted by Gasteiger charge is 2.38. The molecule has 3 aromatic rings. The number of pyridine rings is 1. The highest BCUT2D eigenvalue weighted by Crippen LogP contribution is 2.38. The molecule has 0 unspecified atom stereocenters. The van der Waals surface area contributed by atoms with Crippen LogP contribution >= 0.6 is 0 Å². The van der Waals surface area contributed by atoms with Crippen LogP contribution in [0.15, 0.2) is 52.8 Å². The number of nitriles is 1. The molecule has 5 nitrogen and oxygen atoms in total. The second-order valence-corrected chi connectivity index (χ2v) is 9.84. The molecule has 0 bridgehead atoms. The van der Waals surface area contributed by atoms with Crippen molar-refractivity contribution in [3.05, 3.63) is 48.2 Å². The highest BCUT2D eigenvalue weighted by atomic mass is 32.3. The van der Waals surface area contributed by atoms with E-state index in [2.05, 4.69) is 21.0 Å². The van der Waals surface area contributed by atoms with Gasteiger partial charge in [-0.15, -0.1) is 0 Å². The maximum atomic E-state index is 13.9. The van der Waals surface area contributed by atoms with Crippen molar-refractivity contribution in [2.75, 3.05) is 12.0 Å². The van der Waals surface area contributed by atoms with E-state index in [0.29, 0.717) is 27.0 Å². The second kappa shape index (κ2) is 4.75. The number of benzene rings is 1. The van der Waals surface area contributed by atoms with Gasteiger partial charge in [0.2, 0.25) is 0 Å². The molecule has 2 aromatic heterocycles. The Morgan fingerprint density at radius 1 is 1.32 bits per heavy atom. The molecule has 112 valence electrons. The number of imidazole rings is 1. The van der Waals surface area contributed by atoms with E-state index < -0.39 is 9.07 Å². The van der Waals surface area contributed by atoms with Gasteiger partial charge in [0.1, 0.15) is 5.03 Å². The molecule has 0 aliphatic heterocycles. The first-order valence-corrected chi connectivity index (χ1v) is 9.45. The Kier molecular flexibility index (Phi) is 3.11. The smallest absolute Gasteiger partial charge is 0.181 e. The monoisotopic (exact) mass is 312 g/mol. The van der Waals surface area contributed by atoms with Crippen molar-refractivity contribution in [3.8, 4) is 6.07 Å². The molecular formula is C16H16N4OS. The summed E-state index contributed by atoms with van der Waals surface area (Å²) in [7, 11) is -3.40. The van der Waals surface area contributed by atoms with Gasteiger partial charge in [0.05, 0.1) is 22.7 Å². The van der Waals surface area contributed by atoms with Crippen LogP contribution in [0, 0.1) is 11.3 Å². The number of rotatable bonds is 3. The van der Waals surface area contributed by atoms with E-state index in [-0.39, 0.29) is 0 Å². The van der Waals surface area contributed by atoms with Gasteiger partial charge in [0.25, 0.3) is 0 Å². The van der Waals surface area contributed by atoms with Gasteiger partial charge in [0.15, 0.2) is 5.16 Å². The number of fused-ring (bicyclic) bond motifs is 1. The number of hydrogen-bond acceptors (Lipinski definition) is 4. The van der Waals surface area contributed by atoms with Gasteiger partial charge in [-0.1, -0.05) is 13.0 Å². The van der Waals surface area contributed by atoms with Gasteiger partial charge in [0, 0.05) is 18.2 Å². The van der Waals surface area contributed by atoms with E-state index in [1.807, 2.05) is 13.0 Å². The SMILES string of the molecule is CCS(C)(=O)(c1ccccn1)c1nc2cc(C#N)ccc2[nH]1. The number of H-pyrrole nitrogens is 1. The Morgan fingerprint density at radius 3 is 2.77 bits per heavy atom. The van der Waals surface area contributed by atoms with Crippen molar-refractivity contribution >= 4 is 20.1 Å². The molecule has 0 amide bonds. The second-order valence-electron chi connectivity index (χ2n) is 5.38. The van der Waals surface area contributed by atoms with Crippen molar-refractivity contribution < 1.29 is 4.21 Å². The lowest BCUT2D eigenvalue weighted by atomic mass is 10.2. The summed E-state index contributed by atoms with van der Waals surface area (Å²) in [6.07, 6.45) is 3.35. The topological polar surface area (TPSA) is 82.4 Å².